The summed E-state index contributed by atoms with van der Waals surface area (Å²) in [5.41, 5.74) is 5.71. The fourth-order valence-corrected chi connectivity index (χ4v) is 7.00. The molecular formula is C20H31N5O4S. The topological polar surface area (TPSA) is 134 Å². The van der Waals surface area contributed by atoms with Crippen molar-refractivity contribution in [3.8, 4) is 0 Å². The number of amides is 1. The fraction of sp³-hybridized carbons (Fsp3) is 0.750. The number of carboxylic acids is 1. The Labute approximate surface area is 180 Å². The van der Waals surface area contributed by atoms with E-state index in [1.165, 1.54) is 4.90 Å². The highest BCUT2D eigenvalue weighted by atomic mass is 32.2. The first-order valence-corrected chi connectivity index (χ1v) is 11.5. The van der Waals surface area contributed by atoms with Gasteiger partial charge in [0.05, 0.1) is 18.1 Å². The Morgan fingerprint density at radius 3 is 2.67 bits per heavy atom. The number of rotatable bonds is 6. The van der Waals surface area contributed by atoms with Crippen LogP contribution in [0.15, 0.2) is 10.6 Å². The number of nitrogens with two attached hydrogens (primary N) is 1. The predicted molar refractivity (Wildman–Crippen MR) is 114 cm³/mol. The zero-order chi connectivity index (χ0) is 21.7. The molecule has 0 aliphatic carbocycles. The van der Waals surface area contributed by atoms with E-state index in [1.54, 1.807) is 18.7 Å². The summed E-state index contributed by atoms with van der Waals surface area (Å²) in [6.45, 7) is 8.08. The van der Waals surface area contributed by atoms with Gasteiger partial charge in [0.1, 0.15) is 5.70 Å². The molecule has 9 nitrogen and oxygen atoms in total. The summed E-state index contributed by atoms with van der Waals surface area (Å²) in [7, 11) is 0. The van der Waals surface area contributed by atoms with E-state index < -0.39 is 18.0 Å². The van der Waals surface area contributed by atoms with Crippen LogP contribution in [-0.2, 0) is 9.59 Å². The van der Waals surface area contributed by atoms with Gasteiger partial charge in [-0.25, -0.2) is 4.79 Å². The summed E-state index contributed by atoms with van der Waals surface area (Å²) in [5, 5.41) is 27.6. The minimum atomic E-state index is -1.06. The lowest BCUT2D eigenvalue weighted by Crippen LogP contribution is -2.63. The average Bonchev–Trinajstić information content (AvgIpc) is 3.35. The molecule has 6 atom stereocenters. The number of guanidine groups is 1. The quantitative estimate of drug-likeness (QED) is 0.262. The van der Waals surface area contributed by atoms with Crippen LogP contribution >= 0.6 is 11.8 Å². The summed E-state index contributed by atoms with van der Waals surface area (Å²) >= 11 is 1.61. The van der Waals surface area contributed by atoms with Crippen molar-refractivity contribution in [2.75, 3.05) is 32.7 Å². The number of nitrogens with zero attached hydrogens (tertiary/aromatic N) is 3. The predicted octanol–water partition coefficient (Wildman–Crippen LogP) is 0.163. The number of hydrogen-bond acceptors (Lipinski definition) is 6. The molecule has 0 bridgehead atoms. The molecule has 166 valence electrons. The van der Waals surface area contributed by atoms with Crippen molar-refractivity contribution in [3.05, 3.63) is 10.6 Å². The maximum atomic E-state index is 12.5. The number of likely N-dealkylation sites (tertiary alicyclic amines) is 2. The first-order valence-electron chi connectivity index (χ1n) is 10.7. The molecule has 0 aromatic rings. The monoisotopic (exact) mass is 437 g/mol. The number of aliphatic hydroxyl groups excluding tert-OH is 1. The molecule has 0 aromatic carbocycles. The second-order valence-electron chi connectivity index (χ2n) is 9.05. The standard InChI is InChI=1S/C20H31N5O4S/c1-10-15-14(11(2)26)18(27)25(15)16(19(28)29)17(10)30-13-4-5-23(9-13)7-12-3-6-24(8-12)20(21)22/h10-15,26H,3-9H2,1-2H3,(H3,21,22)(H,28,29)/t10-,11-,12?,13?,14-,15-/m1/s1. The molecule has 0 aromatic heterocycles. The number of carbonyl (C=O) groups excluding carboxylic acids is 1. The Morgan fingerprint density at radius 1 is 1.33 bits per heavy atom. The normalized spacial score (nSPS) is 35.0. The van der Waals surface area contributed by atoms with Gasteiger partial charge in [-0.1, -0.05) is 6.92 Å². The number of aliphatic carboxylic acids is 1. The molecule has 3 fully saturated rings. The van der Waals surface area contributed by atoms with Crippen molar-refractivity contribution < 1.29 is 19.8 Å². The van der Waals surface area contributed by atoms with Crippen LogP contribution in [0, 0.1) is 23.2 Å². The number of fused-ring (bicyclic) bond motifs is 1. The number of nitrogens with one attached hydrogen (secondary N) is 1. The molecule has 30 heavy (non-hydrogen) atoms. The lowest BCUT2D eigenvalue weighted by atomic mass is 9.79. The van der Waals surface area contributed by atoms with Crippen molar-refractivity contribution in [3.63, 3.8) is 0 Å². The summed E-state index contributed by atoms with van der Waals surface area (Å²) in [6.07, 6.45) is 1.25. The molecule has 4 heterocycles. The highest BCUT2D eigenvalue weighted by molar-refractivity contribution is 8.03. The Kier molecular flexibility index (Phi) is 5.75. The Hall–Kier alpha value is -1.78. The average molecular weight is 438 g/mol. The lowest BCUT2D eigenvalue weighted by Gasteiger charge is -2.46. The van der Waals surface area contributed by atoms with E-state index in [0.717, 1.165) is 50.5 Å². The Bertz CT molecular complexity index is 787. The van der Waals surface area contributed by atoms with Crippen molar-refractivity contribution in [2.45, 2.75) is 44.1 Å². The minimum absolute atomic E-state index is 0.0774. The molecular weight excluding hydrogens is 406 g/mol. The number of β-lactam (4-membered cyclic amide) rings is 1. The van der Waals surface area contributed by atoms with Crippen molar-refractivity contribution in [2.24, 2.45) is 23.5 Å². The molecule has 4 rings (SSSR count). The summed E-state index contributed by atoms with van der Waals surface area (Å²) in [6, 6.07) is -0.250. The molecule has 0 saturated carbocycles. The molecule has 2 unspecified atom stereocenters. The SMILES string of the molecule is C[C@@H](O)[C@H]1C(=O)N2C(C(=O)O)=C(SC3CCN(CC4CCN(C(=N)N)C4)C3)[C@H](C)[C@H]12. The van der Waals surface area contributed by atoms with E-state index in [2.05, 4.69) is 4.90 Å². The second kappa shape index (κ2) is 8.05. The number of thioether (sulfide) groups is 1. The van der Waals surface area contributed by atoms with E-state index in [9.17, 15) is 19.8 Å². The molecule has 4 aliphatic rings. The van der Waals surface area contributed by atoms with Crippen LogP contribution in [0.5, 0.6) is 0 Å². The van der Waals surface area contributed by atoms with Gasteiger partial charge in [-0.05, 0) is 32.2 Å². The first-order chi connectivity index (χ1) is 14.2. The molecule has 1 amide bonds. The summed E-state index contributed by atoms with van der Waals surface area (Å²) < 4.78 is 0. The molecule has 0 spiro atoms. The highest BCUT2D eigenvalue weighted by Crippen LogP contribution is 2.51. The van der Waals surface area contributed by atoms with Gasteiger partial charge in [-0.15, -0.1) is 11.8 Å². The van der Waals surface area contributed by atoms with Gasteiger partial charge in [-0.2, -0.15) is 0 Å². The summed E-state index contributed by atoms with van der Waals surface area (Å²) in [4.78, 5) is 30.9. The maximum Gasteiger partial charge on any atom is 0.353 e. The Morgan fingerprint density at radius 2 is 2.07 bits per heavy atom. The van der Waals surface area contributed by atoms with Gasteiger partial charge in [0.15, 0.2) is 5.96 Å². The van der Waals surface area contributed by atoms with Gasteiger partial charge in [0, 0.05) is 42.3 Å². The molecule has 3 saturated heterocycles. The lowest BCUT2D eigenvalue weighted by molar-refractivity contribution is -0.163. The van der Waals surface area contributed by atoms with Crippen LogP contribution in [-0.4, -0.2) is 92.9 Å². The van der Waals surface area contributed by atoms with Crippen LogP contribution in [0.25, 0.3) is 0 Å². The van der Waals surface area contributed by atoms with Crippen LogP contribution in [0.4, 0.5) is 0 Å². The smallest absolute Gasteiger partial charge is 0.353 e. The van der Waals surface area contributed by atoms with E-state index in [-0.39, 0.29) is 29.5 Å². The van der Waals surface area contributed by atoms with Crippen molar-refractivity contribution >= 4 is 29.6 Å². The van der Waals surface area contributed by atoms with Gasteiger partial charge in [-0.3, -0.25) is 10.2 Å². The third kappa shape index (κ3) is 3.58. The molecule has 5 N–H and O–H groups in total. The van der Waals surface area contributed by atoms with Gasteiger partial charge < -0.3 is 30.6 Å². The first kappa shape index (κ1) is 21.5. The van der Waals surface area contributed by atoms with Gasteiger partial charge in [0.2, 0.25) is 5.91 Å². The van der Waals surface area contributed by atoms with Crippen LogP contribution in [0.3, 0.4) is 0 Å². The van der Waals surface area contributed by atoms with Crippen LogP contribution in [0.1, 0.15) is 26.7 Å². The van der Waals surface area contributed by atoms with Crippen LogP contribution < -0.4 is 5.73 Å². The second-order valence-corrected chi connectivity index (χ2v) is 10.4. The van der Waals surface area contributed by atoms with E-state index >= 15 is 0 Å². The zero-order valence-electron chi connectivity index (χ0n) is 17.5. The van der Waals surface area contributed by atoms with Crippen molar-refractivity contribution in [1.29, 1.82) is 5.41 Å². The highest BCUT2D eigenvalue weighted by Gasteiger charge is 2.60. The number of aliphatic hydroxyl groups is 1. The van der Waals surface area contributed by atoms with E-state index in [0.29, 0.717) is 11.2 Å². The maximum absolute atomic E-state index is 12.5. The molecule has 0 radical (unpaired) electrons. The van der Waals surface area contributed by atoms with Gasteiger partial charge >= 0.3 is 5.97 Å². The largest absolute Gasteiger partial charge is 0.477 e. The van der Waals surface area contributed by atoms with E-state index in [4.69, 9.17) is 11.1 Å². The zero-order valence-corrected chi connectivity index (χ0v) is 18.3. The van der Waals surface area contributed by atoms with Crippen LogP contribution in [0.2, 0.25) is 0 Å². The Balaban J connectivity index is 1.39. The fourth-order valence-electron chi connectivity index (χ4n) is 5.48. The number of carboxylic acid groups (broad SMARTS) is 1. The van der Waals surface area contributed by atoms with E-state index in [1.807, 2.05) is 11.8 Å². The number of hydrogen-bond donors (Lipinski definition) is 4. The third-order valence-electron chi connectivity index (χ3n) is 6.98. The third-order valence-corrected chi connectivity index (χ3v) is 8.51. The summed E-state index contributed by atoms with van der Waals surface area (Å²) in [5.74, 6) is -1.28. The minimum Gasteiger partial charge on any atom is -0.477 e. The molecule has 4 aliphatic heterocycles. The number of carbonyl (C=O) groups is 2. The van der Waals surface area contributed by atoms with Gasteiger partial charge in [0.25, 0.3) is 0 Å². The van der Waals surface area contributed by atoms with Crippen molar-refractivity contribution in [1.82, 2.24) is 14.7 Å². The molecule has 10 heteroatoms.